The van der Waals surface area contributed by atoms with Crippen LogP contribution in [0.2, 0.25) is 0 Å². The first-order chi connectivity index (χ1) is 7.24. The Labute approximate surface area is 86.9 Å². The Morgan fingerprint density at radius 2 is 2.27 bits per heavy atom. The zero-order chi connectivity index (χ0) is 10.4. The second-order valence-corrected chi connectivity index (χ2v) is 4.50. The van der Waals surface area contributed by atoms with E-state index in [1.54, 1.807) is 4.57 Å². The first kappa shape index (κ1) is 9.09. The summed E-state index contributed by atoms with van der Waals surface area (Å²) in [6.45, 7) is 2.57. The van der Waals surface area contributed by atoms with Gasteiger partial charge in [0.15, 0.2) is 0 Å². The zero-order valence-electron chi connectivity index (χ0n) is 8.37. The standard InChI is InChI=1S/C11H13FN2O/c12-9-2-10-8-1-7(4-13-5-8)6-14(10)11(15)3-9/h2-3,7-8,13H,1,4-6H2/t7-,8+/m0/s1. The molecule has 0 aromatic carbocycles. The Morgan fingerprint density at radius 1 is 1.40 bits per heavy atom. The maximum atomic E-state index is 13.1. The maximum Gasteiger partial charge on any atom is 0.253 e. The smallest absolute Gasteiger partial charge is 0.253 e. The van der Waals surface area contributed by atoms with Gasteiger partial charge in [-0.1, -0.05) is 0 Å². The predicted molar refractivity (Wildman–Crippen MR) is 54.4 cm³/mol. The SMILES string of the molecule is O=c1cc(F)cc2n1C[C@@H]1CNC[C@H]2C1. The lowest BCUT2D eigenvalue weighted by molar-refractivity contribution is 0.256. The third-order valence-corrected chi connectivity index (χ3v) is 3.43. The fraction of sp³-hybridized carbons (Fsp3) is 0.545. The molecule has 80 valence electrons. The number of nitrogens with zero attached hydrogens (tertiary/aromatic N) is 1. The second-order valence-electron chi connectivity index (χ2n) is 4.50. The first-order valence-corrected chi connectivity index (χ1v) is 5.35. The van der Waals surface area contributed by atoms with Crippen molar-refractivity contribution in [1.82, 2.24) is 9.88 Å². The number of hydrogen-bond acceptors (Lipinski definition) is 2. The van der Waals surface area contributed by atoms with Gasteiger partial charge in [0.2, 0.25) is 0 Å². The summed E-state index contributed by atoms with van der Waals surface area (Å²) in [6, 6.07) is 2.59. The molecule has 2 atom stereocenters. The molecule has 1 saturated heterocycles. The first-order valence-electron chi connectivity index (χ1n) is 5.35. The van der Waals surface area contributed by atoms with Gasteiger partial charge in [0.1, 0.15) is 5.82 Å². The largest absolute Gasteiger partial charge is 0.316 e. The normalized spacial score (nSPS) is 28.6. The van der Waals surface area contributed by atoms with Crippen LogP contribution >= 0.6 is 0 Å². The molecule has 3 nitrogen and oxygen atoms in total. The minimum atomic E-state index is -0.407. The Morgan fingerprint density at radius 3 is 3.13 bits per heavy atom. The van der Waals surface area contributed by atoms with E-state index in [2.05, 4.69) is 5.32 Å². The summed E-state index contributed by atoms with van der Waals surface area (Å²) in [5.74, 6) is 0.426. The molecule has 0 radical (unpaired) electrons. The predicted octanol–water partition coefficient (Wildman–Crippen LogP) is 0.694. The van der Waals surface area contributed by atoms with Crippen molar-refractivity contribution in [2.24, 2.45) is 5.92 Å². The van der Waals surface area contributed by atoms with Crippen LogP contribution in [-0.4, -0.2) is 17.7 Å². The molecule has 1 aromatic rings. The summed E-state index contributed by atoms with van der Waals surface area (Å²) < 4.78 is 14.9. The molecule has 2 bridgehead atoms. The molecule has 1 fully saturated rings. The maximum absolute atomic E-state index is 13.1. The van der Waals surface area contributed by atoms with E-state index in [1.165, 1.54) is 6.07 Å². The molecule has 4 heteroatoms. The third-order valence-electron chi connectivity index (χ3n) is 3.43. The van der Waals surface area contributed by atoms with E-state index in [-0.39, 0.29) is 5.56 Å². The van der Waals surface area contributed by atoms with Gasteiger partial charge < -0.3 is 9.88 Å². The van der Waals surface area contributed by atoms with Crippen molar-refractivity contribution >= 4 is 0 Å². The van der Waals surface area contributed by atoms with Gasteiger partial charge in [-0.15, -0.1) is 0 Å². The number of halogens is 1. The van der Waals surface area contributed by atoms with Crippen molar-refractivity contribution < 1.29 is 4.39 Å². The van der Waals surface area contributed by atoms with Gasteiger partial charge in [-0.3, -0.25) is 4.79 Å². The molecule has 0 aliphatic carbocycles. The molecule has 3 rings (SSSR count). The lowest BCUT2D eigenvalue weighted by atomic mass is 9.84. The monoisotopic (exact) mass is 208 g/mol. The third kappa shape index (κ3) is 1.40. The van der Waals surface area contributed by atoms with Crippen molar-refractivity contribution in [3.05, 3.63) is 34.0 Å². The van der Waals surface area contributed by atoms with E-state index in [1.807, 2.05) is 0 Å². The quantitative estimate of drug-likeness (QED) is 0.680. The Hall–Kier alpha value is -1.16. The molecule has 0 unspecified atom stereocenters. The summed E-state index contributed by atoms with van der Waals surface area (Å²) in [4.78, 5) is 11.6. The van der Waals surface area contributed by atoms with Gasteiger partial charge in [-0.2, -0.15) is 0 Å². The van der Waals surface area contributed by atoms with E-state index in [9.17, 15) is 9.18 Å². The molecule has 1 N–H and O–H groups in total. The summed E-state index contributed by atoms with van der Waals surface area (Å²) in [6.07, 6.45) is 1.08. The highest BCUT2D eigenvalue weighted by Crippen LogP contribution is 2.31. The van der Waals surface area contributed by atoms with E-state index < -0.39 is 5.82 Å². The van der Waals surface area contributed by atoms with Crippen LogP contribution in [0.3, 0.4) is 0 Å². The zero-order valence-corrected chi connectivity index (χ0v) is 8.37. The molecule has 15 heavy (non-hydrogen) atoms. The molecule has 2 aliphatic rings. The highest BCUT2D eigenvalue weighted by molar-refractivity contribution is 5.17. The number of aromatic nitrogens is 1. The van der Waals surface area contributed by atoms with E-state index in [0.29, 0.717) is 11.8 Å². The molecule has 3 heterocycles. The summed E-state index contributed by atoms with van der Waals surface area (Å²) in [5.41, 5.74) is 0.671. The Balaban J connectivity index is 2.17. The van der Waals surface area contributed by atoms with Crippen molar-refractivity contribution in [1.29, 1.82) is 0 Å². The number of pyridine rings is 1. The van der Waals surface area contributed by atoms with E-state index in [4.69, 9.17) is 0 Å². The molecule has 2 aliphatic heterocycles. The van der Waals surface area contributed by atoms with Crippen LogP contribution in [-0.2, 0) is 6.54 Å². The van der Waals surface area contributed by atoms with Gasteiger partial charge in [0.25, 0.3) is 5.56 Å². The minimum Gasteiger partial charge on any atom is -0.316 e. The van der Waals surface area contributed by atoms with Crippen molar-refractivity contribution in [2.75, 3.05) is 13.1 Å². The molecule has 0 amide bonds. The van der Waals surface area contributed by atoms with Crippen LogP contribution in [0, 0.1) is 11.7 Å². The minimum absolute atomic E-state index is 0.193. The van der Waals surface area contributed by atoms with Crippen molar-refractivity contribution in [3.8, 4) is 0 Å². The van der Waals surface area contributed by atoms with Crippen LogP contribution in [0.4, 0.5) is 4.39 Å². The van der Waals surface area contributed by atoms with E-state index in [0.717, 1.165) is 37.8 Å². The number of rotatable bonds is 0. The molecule has 0 spiro atoms. The lowest BCUT2D eigenvalue weighted by Gasteiger charge is -2.37. The molecular weight excluding hydrogens is 195 g/mol. The van der Waals surface area contributed by atoms with Crippen molar-refractivity contribution in [3.63, 3.8) is 0 Å². The van der Waals surface area contributed by atoms with Crippen molar-refractivity contribution in [2.45, 2.75) is 18.9 Å². The number of piperidine rings is 1. The van der Waals surface area contributed by atoms with Crippen LogP contribution in [0.5, 0.6) is 0 Å². The molecule has 1 aromatic heterocycles. The Bertz CT molecular complexity index is 454. The van der Waals surface area contributed by atoms with Gasteiger partial charge in [-0.25, -0.2) is 4.39 Å². The number of hydrogen-bond donors (Lipinski definition) is 1. The van der Waals surface area contributed by atoms with Gasteiger partial charge >= 0.3 is 0 Å². The van der Waals surface area contributed by atoms with Crippen LogP contribution in [0.1, 0.15) is 18.0 Å². The Kier molecular flexibility index (Phi) is 1.92. The average Bonchev–Trinajstić information content (AvgIpc) is 2.21. The highest BCUT2D eigenvalue weighted by atomic mass is 19.1. The van der Waals surface area contributed by atoms with Crippen LogP contribution < -0.4 is 10.9 Å². The van der Waals surface area contributed by atoms with Gasteiger partial charge in [0, 0.05) is 30.8 Å². The summed E-state index contributed by atoms with van der Waals surface area (Å²) >= 11 is 0. The number of fused-ring (bicyclic) bond motifs is 4. The van der Waals surface area contributed by atoms with Gasteiger partial charge in [0.05, 0.1) is 0 Å². The summed E-state index contributed by atoms with van der Waals surface area (Å²) in [5, 5.41) is 3.33. The topological polar surface area (TPSA) is 34.0 Å². The fourth-order valence-electron chi connectivity index (χ4n) is 2.77. The summed E-state index contributed by atoms with van der Waals surface area (Å²) in [7, 11) is 0. The molecular formula is C11H13FN2O. The van der Waals surface area contributed by atoms with E-state index >= 15 is 0 Å². The van der Waals surface area contributed by atoms with Crippen LogP contribution in [0.15, 0.2) is 16.9 Å². The van der Waals surface area contributed by atoms with Crippen LogP contribution in [0.25, 0.3) is 0 Å². The fourth-order valence-corrected chi connectivity index (χ4v) is 2.77. The number of nitrogens with one attached hydrogen (secondary N) is 1. The average molecular weight is 208 g/mol. The molecule has 0 saturated carbocycles. The lowest BCUT2D eigenvalue weighted by Crippen LogP contribution is -2.44. The van der Waals surface area contributed by atoms with Gasteiger partial charge in [-0.05, 0) is 24.9 Å². The second kappa shape index (κ2) is 3.17. The highest BCUT2D eigenvalue weighted by Gasteiger charge is 2.30.